The highest BCUT2D eigenvalue weighted by Crippen LogP contribution is 2.75. The average Bonchev–Trinajstić information content (AvgIpc) is 2.77. The molecule has 2 rings (SSSR count). The van der Waals surface area contributed by atoms with E-state index in [-0.39, 0.29) is 5.92 Å². The van der Waals surface area contributed by atoms with E-state index in [2.05, 4.69) is 11.8 Å². The summed E-state index contributed by atoms with van der Waals surface area (Å²) in [6, 6.07) is 3.51. The molecular weight excluding hydrogens is 288 g/mol. The molecule has 1 fully saturated rings. The summed E-state index contributed by atoms with van der Waals surface area (Å²) in [4.78, 5) is 12.2. The first-order valence-corrected chi connectivity index (χ1v) is 7.60. The molecule has 120 valence electrons. The molecule has 0 radical (unpaired) electrons. The number of allylic oxidation sites excluding steroid dienone is 2. The highest BCUT2D eigenvalue weighted by atomic mass is 16.4. The maximum Gasteiger partial charge on any atom is 0.312 e. The summed E-state index contributed by atoms with van der Waals surface area (Å²) in [5, 5.41) is 10.00. The van der Waals surface area contributed by atoms with Gasteiger partial charge in [-0.1, -0.05) is 37.3 Å². The molecule has 0 amide bonds. The molecule has 3 heteroatoms. The number of carbonyl (C=O) groups is 1. The SMILES string of the molecule is C#CCc1ccc(C(C#C)C2(C(=O)O)C(C=C(C)C)C2(C)C)o1. The van der Waals surface area contributed by atoms with Gasteiger partial charge in [0.1, 0.15) is 16.9 Å². The molecule has 1 saturated carbocycles. The smallest absolute Gasteiger partial charge is 0.312 e. The van der Waals surface area contributed by atoms with Gasteiger partial charge in [-0.05, 0) is 31.4 Å². The Morgan fingerprint density at radius 2 is 2.09 bits per heavy atom. The van der Waals surface area contributed by atoms with Gasteiger partial charge >= 0.3 is 5.97 Å². The average molecular weight is 310 g/mol. The van der Waals surface area contributed by atoms with Gasteiger partial charge < -0.3 is 9.52 Å². The van der Waals surface area contributed by atoms with Gasteiger partial charge in [0.05, 0.1) is 12.3 Å². The molecule has 0 bridgehead atoms. The third-order valence-electron chi connectivity index (χ3n) is 4.97. The van der Waals surface area contributed by atoms with Crippen molar-refractivity contribution >= 4 is 5.97 Å². The minimum absolute atomic E-state index is 0.139. The van der Waals surface area contributed by atoms with Gasteiger partial charge in [-0.3, -0.25) is 4.79 Å². The summed E-state index contributed by atoms with van der Waals surface area (Å²) >= 11 is 0. The molecule has 3 unspecified atom stereocenters. The van der Waals surface area contributed by atoms with E-state index in [1.807, 2.05) is 33.8 Å². The van der Waals surface area contributed by atoms with Crippen LogP contribution in [0.4, 0.5) is 0 Å². The van der Waals surface area contributed by atoms with Crippen LogP contribution in [0.3, 0.4) is 0 Å². The van der Waals surface area contributed by atoms with Crippen molar-refractivity contribution in [1.29, 1.82) is 0 Å². The molecule has 1 aliphatic carbocycles. The Morgan fingerprint density at radius 3 is 2.57 bits per heavy atom. The van der Waals surface area contributed by atoms with Crippen LogP contribution in [0.1, 0.15) is 45.1 Å². The number of aliphatic carboxylic acids is 1. The molecule has 0 spiro atoms. The number of hydrogen-bond acceptors (Lipinski definition) is 2. The standard InChI is InChI=1S/C20H22O3/c1-7-9-14-10-11-16(23-14)15(8-2)20(18(21)22)17(12-13(3)4)19(20,5)6/h1-2,10-12,15,17H,9H2,3-6H3,(H,21,22). The summed E-state index contributed by atoms with van der Waals surface area (Å²) in [6.07, 6.45) is 13.4. The van der Waals surface area contributed by atoms with E-state index < -0.39 is 22.7 Å². The minimum atomic E-state index is -1.07. The van der Waals surface area contributed by atoms with E-state index in [1.54, 1.807) is 12.1 Å². The summed E-state index contributed by atoms with van der Waals surface area (Å²) in [7, 11) is 0. The van der Waals surface area contributed by atoms with E-state index in [0.29, 0.717) is 17.9 Å². The Morgan fingerprint density at radius 1 is 1.43 bits per heavy atom. The second-order valence-electron chi connectivity index (χ2n) is 6.90. The molecule has 0 aliphatic heterocycles. The lowest BCUT2D eigenvalue weighted by atomic mass is 9.80. The molecule has 1 aromatic rings. The first-order valence-electron chi connectivity index (χ1n) is 7.60. The second-order valence-corrected chi connectivity index (χ2v) is 6.90. The molecule has 3 nitrogen and oxygen atoms in total. The summed E-state index contributed by atoms with van der Waals surface area (Å²) in [6.45, 7) is 7.81. The van der Waals surface area contributed by atoms with Crippen LogP contribution in [0, 0.1) is 41.4 Å². The zero-order valence-corrected chi connectivity index (χ0v) is 14.0. The third-order valence-corrected chi connectivity index (χ3v) is 4.97. The number of carboxylic acid groups (broad SMARTS) is 1. The fourth-order valence-corrected chi connectivity index (χ4v) is 3.78. The van der Waals surface area contributed by atoms with Crippen LogP contribution in [0.15, 0.2) is 28.2 Å². The predicted octanol–water partition coefficient (Wildman–Crippen LogP) is 3.87. The monoisotopic (exact) mass is 310 g/mol. The van der Waals surface area contributed by atoms with E-state index in [9.17, 15) is 9.90 Å². The Labute approximate surface area is 137 Å². The van der Waals surface area contributed by atoms with Crippen LogP contribution in [0.25, 0.3) is 0 Å². The molecule has 1 N–H and O–H groups in total. The zero-order chi connectivity index (χ0) is 17.4. The Balaban J connectivity index is 2.52. The quantitative estimate of drug-likeness (QED) is 0.663. The lowest BCUT2D eigenvalue weighted by Crippen LogP contribution is -2.28. The first kappa shape index (κ1) is 17.0. The van der Waals surface area contributed by atoms with Crippen molar-refractivity contribution in [2.24, 2.45) is 16.7 Å². The van der Waals surface area contributed by atoms with E-state index in [4.69, 9.17) is 17.3 Å². The molecule has 0 aromatic carbocycles. The fourth-order valence-electron chi connectivity index (χ4n) is 3.78. The minimum Gasteiger partial charge on any atom is -0.481 e. The van der Waals surface area contributed by atoms with Gasteiger partial charge in [-0.25, -0.2) is 0 Å². The lowest BCUT2D eigenvalue weighted by molar-refractivity contribution is -0.145. The van der Waals surface area contributed by atoms with Crippen LogP contribution < -0.4 is 0 Å². The fraction of sp³-hybridized carbons (Fsp3) is 0.450. The highest BCUT2D eigenvalue weighted by Gasteiger charge is 2.78. The van der Waals surface area contributed by atoms with Crippen molar-refractivity contribution in [3.8, 4) is 24.7 Å². The molecular formula is C20H22O3. The number of hydrogen-bond donors (Lipinski definition) is 1. The largest absolute Gasteiger partial charge is 0.481 e. The number of furan rings is 1. The van der Waals surface area contributed by atoms with Crippen LogP contribution in [0.5, 0.6) is 0 Å². The lowest BCUT2D eigenvalue weighted by Gasteiger charge is -2.21. The van der Waals surface area contributed by atoms with Crippen molar-refractivity contribution < 1.29 is 14.3 Å². The molecule has 1 aliphatic rings. The zero-order valence-electron chi connectivity index (χ0n) is 14.0. The highest BCUT2D eigenvalue weighted by molar-refractivity contribution is 5.84. The van der Waals surface area contributed by atoms with E-state index >= 15 is 0 Å². The van der Waals surface area contributed by atoms with Crippen LogP contribution in [0.2, 0.25) is 0 Å². The van der Waals surface area contributed by atoms with Crippen molar-refractivity contribution in [2.75, 3.05) is 0 Å². The summed E-state index contributed by atoms with van der Waals surface area (Å²) in [5.74, 6) is 4.63. The van der Waals surface area contributed by atoms with Gasteiger partial charge in [-0.15, -0.1) is 12.8 Å². The van der Waals surface area contributed by atoms with Gasteiger partial charge in [0.25, 0.3) is 0 Å². The molecule has 0 saturated heterocycles. The molecule has 3 atom stereocenters. The maximum atomic E-state index is 12.2. The molecule has 1 aromatic heterocycles. The number of rotatable bonds is 5. The number of carboxylic acids is 1. The van der Waals surface area contributed by atoms with E-state index in [1.165, 1.54) is 0 Å². The first-order chi connectivity index (χ1) is 10.7. The van der Waals surface area contributed by atoms with Crippen LogP contribution >= 0.6 is 0 Å². The van der Waals surface area contributed by atoms with Gasteiger partial charge in [0.2, 0.25) is 0 Å². The Hall–Kier alpha value is -2.39. The van der Waals surface area contributed by atoms with Gasteiger partial charge in [-0.2, -0.15) is 0 Å². The normalized spacial score (nSPS) is 25.7. The molecule has 23 heavy (non-hydrogen) atoms. The number of terminal acetylenes is 2. The van der Waals surface area contributed by atoms with E-state index in [0.717, 1.165) is 5.57 Å². The second kappa shape index (κ2) is 5.67. The third kappa shape index (κ3) is 2.37. The maximum absolute atomic E-state index is 12.2. The summed E-state index contributed by atoms with van der Waals surface area (Å²) < 4.78 is 5.73. The van der Waals surface area contributed by atoms with Crippen molar-refractivity contribution in [3.05, 3.63) is 35.3 Å². The van der Waals surface area contributed by atoms with Crippen molar-refractivity contribution in [3.63, 3.8) is 0 Å². The van der Waals surface area contributed by atoms with Gasteiger partial charge in [0, 0.05) is 5.92 Å². The molecule has 1 heterocycles. The van der Waals surface area contributed by atoms with Crippen LogP contribution in [-0.2, 0) is 11.2 Å². The Kier molecular flexibility index (Phi) is 4.18. The van der Waals surface area contributed by atoms with Crippen LogP contribution in [-0.4, -0.2) is 11.1 Å². The summed E-state index contributed by atoms with van der Waals surface area (Å²) in [5.41, 5.74) is -0.439. The van der Waals surface area contributed by atoms with Crippen molar-refractivity contribution in [2.45, 2.75) is 40.0 Å². The Bertz CT molecular complexity index is 732. The topological polar surface area (TPSA) is 50.4 Å². The van der Waals surface area contributed by atoms with Crippen molar-refractivity contribution in [1.82, 2.24) is 0 Å². The predicted molar refractivity (Wildman–Crippen MR) is 89.6 cm³/mol. The van der Waals surface area contributed by atoms with Gasteiger partial charge in [0.15, 0.2) is 0 Å².